The first-order chi connectivity index (χ1) is 12.8. The van der Waals surface area contributed by atoms with E-state index in [0.717, 1.165) is 22.6 Å². The number of hydrogen-bond donors (Lipinski definition) is 0. The number of halogens is 3. The van der Waals surface area contributed by atoms with Crippen molar-refractivity contribution in [2.75, 3.05) is 12.4 Å². The predicted molar refractivity (Wildman–Crippen MR) is 97.5 cm³/mol. The second-order valence-electron chi connectivity index (χ2n) is 5.58. The third-order valence-corrected chi connectivity index (χ3v) is 4.67. The van der Waals surface area contributed by atoms with Gasteiger partial charge in [0.1, 0.15) is 18.1 Å². The van der Waals surface area contributed by atoms with Crippen molar-refractivity contribution in [3.8, 4) is 17.6 Å². The summed E-state index contributed by atoms with van der Waals surface area (Å²) in [4.78, 5) is 0.965. The second kappa shape index (κ2) is 9.38. The lowest BCUT2D eigenvalue weighted by Crippen LogP contribution is -2.06. The van der Waals surface area contributed by atoms with Gasteiger partial charge >= 0.3 is 6.18 Å². The molecule has 0 bridgehead atoms. The van der Waals surface area contributed by atoms with Crippen LogP contribution in [0.15, 0.2) is 59.0 Å². The quantitative estimate of drug-likeness (QED) is 0.450. The van der Waals surface area contributed by atoms with E-state index in [9.17, 15) is 13.2 Å². The number of nitrogens with zero attached hydrogens (tertiary/aromatic N) is 1. The van der Waals surface area contributed by atoms with Crippen molar-refractivity contribution in [1.82, 2.24) is 0 Å². The van der Waals surface area contributed by atoms with E-state index in [2.05, 4.69) is 0 Å². The molecule has 0 aromatic heterocycles. The average molecular weight is 391 g/mol. The molecule has 0 saturated carbocycles. The maximum atomic E-state index is 12.6. The summed E-state index contributed by atoms with van der Waals surface area (Å²) in [5.74, 6) is 1.38. The summed E-state index contributed by atoms with van der Waals surface area (Å²) in [5, 5.41) is 8.92. The van der Waals surface area contributed by atoms with Gasteiger partial charge < -0.3 is 9.47 Å². The highest BCUT2D eigenvalue weighted by Crippen LogP contribution is 2.30. The number of thioether (sulfide) groups is 1. The minimum Gasteiger partial charge on any atom is -0.489 e. The summed E-state index contributed by atoms with van der Waals surface area (Å²) in [5.41, 5.74) is 0.854. The molecule has 0 fully saturated rings. The Morgan fingerprint density at radius 1 is 1.22 bits per heavy atom. The molecule has 2 aromatic rings. The smallest absolute Gasteiger partial charge is 0.416 e. The van der Waals surface area contributed by atoms with Crippen LogP contribution in [0.4, 0.5) is 13.2 Å². The SMILES string of the molecule is [CH]Oc1ccc(SC/C(=C/C#N)COc2ccc(C(F)(F)F)cc2)cc1C. The maximum absolute atomic E-state index is 12.6. The fraction of sp³-hybridized carbons (Fsp3) is 0.200. The van der Waals surface area contributed by atoms with Gasteiger partial charge in [0.15, 0.2) is 7.11 Å². The van der Waals surface area contributed by atoms with Crippen molar-refractivity contribution in [3.05, 3.63) is 72.4 Å². The molecule has 2 aromatic carbocycles. The number of allylic oxidation sites excluding steroid dienone is 1. The molecule has 0 heterocycles. The number of rotatable bonds is 7. The van der Waals surface area contributed by atoms with Crippen molar-refractivity contribution >= 4 is 11.8 Å². The number of ether oxygens (including phenoxy) is 2. The molecule has 0 unspecified atom stereocenters. The fourth-order valence-electron chi connectivity index (χ4n) is 2.15. The largest absolute Gasteiger partial charge is 0.489 e. The van der Waals surface area contributed by atoms with E-state index < -0.39 is 11.7 Å². The number of nitriles is 1. The highest BCUT2D eigenvalue weighted by atomic mass is 32.2. The topological polar surface area (TPSA) is 42.2 Å². The van der Waals surface area contributed by atoms with Gasteiger partial charge in [-0.3, -0.25) is 0 Å². The molecule has 0 atom stereocenters. The van der Waals surface area contributed by atoms with Crippen LogP contribution in [0.3, 0.4) is 0 Å². The van der Waals surface area contributed by atoms with Crippen LogP contribution in [0.5, 0.6) is 11.5 Å². The van der Waals surface area contributed by atoms with Gasteiger partial charge in [0.25, 0.3) is 0 Å². The zero-order valence-corrected chi connectivity index (χ0v) is 15.2. The van der Waals surface area contributed by atoms with Crippen LogP contribution in [-0.2, 0) is 6.18 Å². The van der Waals surface area contributed by atoms with E-state index in [1.54, 1.807) is 6.07 Å². The summed E-state index contributed by atoms with van der Waals surface area (Å²) in [6.45, 7) is 1.97. The highest BCUT2D eigenvalue weighted by molar-refractivity contribution is 7.99. The Hall–Kier alpha value is -2.59. The van der Waals surface area contributed by atoms with E-state index >= 15 is 0 Å². The fourth-order valence-corrected chi connectivity index (χ4v) is 3.10. The monoisotopic (exact) mass is 391 g/mol. The molecule has 27 heavy (non-hydrogen) atoms. The van der Waals surface area contributed by atoms with Gasteiger partial charge in [0, 0.05) is 16.7 Å². The minimum absolute atomic E-state index is 0.106. The molecular weight excluding hydrogens is 375 g/mol. The third-order valence-electron chi connectivity index (χ3n) is 3.57. The van der Waals surface area contributed by atoms with Crippen LogP contribution in [0.25, 0.3) is 0 Å². The highest BCUT2D eigenvalue weighted by Gasteiger charge is 2.30. The van der Waals surface area contributed by atoms with Gasteiger partial charge in [-0.1, -0.05) is 0 Å². The van der Waals surface area contributed by atoms with E-state index in [1.165, 1.54) is 30.0 Å². The normalized spacial score (nSPS) is 11.8. The number of benzene rings is 2. The maximum Gasteiger partial charge on any atom is 0.416 e. The van der Waals surface area contributed by atoms with Gasteiger partial charge in [0.2, 0.25) is 0 Å². The number of aryl methyl sites for hydroxylation is 1. The Morgan fingerprint density at radius 2 is 1.93 bits per heavy atom. The first kappa shape index (κ1) is 20.7. The Morgan fingerprint density at radius 3 is 2.48 bits per heavy atom. The molecule has 0 aliphatic rings. The van der Waals surface area contributed by atoms with Gasteiger partial charge in [0.05, 0.1) is 11.6 Å². The van der Waals surface area contributed by atoms with Crippen LogP contribution in [0.1, 0.15) is 11.1 Å². The summed E-state index contributed by atoms with van der Waals surface area (Å²) < 4.78 is 47.9. The molecule has 0 amide bonds. The zero-order valence-electron chi connectivity index (χ0n) is 14.4. The first-order valence-electron chi connectivity index (χ1n) is 7.81. The summed E-state index contributed by atoms with van der Waals surface area (Å²) >= 11 is 1.50. The molecule has 0 aliphatic heterocycles. The van der Waals surface area contributed by atoms with Crippen LogP contribution in [-0.4, -0.2) is 12.4 Å². The number of hydrogen-bond acceptors (Lipinski definition) is 4. The molecule has 2 rings (SSSR count). The van der Waals surface area contributed by atoms with Gasteiger partial charge in [-0.15, -0.1) is 11.8 Å². The molecule has 0 spiro atoms. The number of alkyl halides is 3. The van der Waals surface area contributed by atoms with Gasteiger partial charge in [-0.25, -0.2) is 0 Å². The van der Waals surface area contributed by atoms with Crippen molar-refractivity contribution in [2.24, 2.45) is 0 Å². The molecule has 0 saturated heterocycles. The summed E-state index contributed by atoms with van der Waals surface area (Å²) in [6, 6.07) is 11.9. The van der Waals surface area contributed by atoms with Crippen molar-refractivity contribution in [1.29, 1.82) is 5.26 Å². The lowest BCUT2D eigenvalue weighted by molar-refractivity contribution is -0.137. The second-order valence-corrected chi connectivity index (χ2v) is 6.63. The van der Waals surface area contributed by atoms with Crippen LogP contribution in [0.2, 0.25) is 0 Å². The van der Waals surface area contributed by atoms with Crippen LogP contribution < -0.4 is 9.47 Å². The van der Waals surface area contributed by atoms with Gasteiger partial charge in [-0.05, 0) is 60.5 Å². The third kappa shape index (κ3) is 6.26. The van der Waals surface area contributed by atoms with Crippen molar-refractivity contribution in [3.63, 3.8) is 0 Å². The first-order valence-corrected chi connectivity index (χ1v) is 8.80. The Balaban J connectivity index is 1.95. The zero-order chi connectivity index (χ0) is 19.9. The molecule has 140 valence electrons. The van der Waals surface area contributed by atoms with E-state index in [-0.39, 0.29) is 6.61 Å². The summed E-state index contributed by atoms with van der Waals surface area (Å²) in [6.07, 6.45) is -3.01. The summed E-state index contributed by atoms with van der Waals surface area (Å²) in [7, 11) is 5.16. The molecule has 2 radical (unpaired) electrons. The van der Waals surface area contributed by atoms with Gasteiger partial charge in [-0.2, -0.15) is 18.4 Å². The van der Waals surface area contributed by atoms with E-state index in [1.807, 2.05) is 25.1 Å². The molecule has 0 N–H and O–H groups in total. The Kier molecular flexibility index (Phi) is 7.19. The lowest BCUT2D eigenvalue weighted by atomic mass is 10.2. The lowest BCUT2D eigenvalue weighted by Gasteiger charge is -2.11. The standard InChI is InChI=1S/C20H16F3NO2S/c1-14-11-18(7-8-19(14)25-2)27-13-15(9-10-24)12-26-17-5-3-16(4-6-17)20(21,22)23/h2-9,11H,12-13H2,1H3/b15-9+. The van der Waals surface area contributed by atoms with Crippen molar-refractivity contribution < 1.29 is 22.6 Å². The molecular formula is C20H16F3NO2S. The average Bonchev–Trinajstić information content (AvgIpc) is 2.63. The van der Waals surface area contributed by atoms with Crippen LogP contribution >= 0.6 is 11.8 Å². The molecule has 3 nitrogen and oxygen atoms in total. The Labute approximate surface area is 160 Å². The van der Waals surface area contributed by atoms with Crippen molar-refractivity contribution in [2.45, 2.75) is 18.0 Å². The van der Waals surface area contributed by atoms with E-state index in [0.29, 0.717) is 22.8 Å². The minimum atomic E-state index is -4.39. The van der Waals surface area contributed by atoms with E-state index in [4.69, 9.17) is 21.8 Å². The Bertz CT molecular complexity index is 840. The molecule has 7 heteroatoms. The van der Waals surface area contributed by atoms with Crippen LogP contribution in [0, 0.1) is 25.4 Å². The molecule has 0 aliphatic carbocycles. The predicted octanol–water partition coefficient (Wildman–Crippen LogP) is 5.68.